The summed E-state index contributed by atoms with van der Waals surface area (Å²) in [5.41, 5.74) is 2.28. The van der Waals surface area contributed by atoms with E-state index in [1.165, 1.54) is 10.8 Å². The van der Waals surface area contributed by atoms with Gasteiger partial charge in [-0.3, -0.25) is 4.79 Å². The summed E-state index contributed by atoms with van der Waals surface area (Å²) in [6.07, 6.45) is 3.18. The second kappa shape index (κ2) is 5.27. The van der Waals surface area contributed by atoms with E-state index in [-0.39, 0.29) is 5.91 Å². The van der Waals surface area contributed by atoms with Gasteiger partial charge in [-0.2, -0.15) is 4.68 Å². The maximum atomic E-state index is 12.1. The predicted molar refractivity (Wildman–Crippen MR) is 78.6 cm³/mol. The Morgan fingerprint density at radius 3 is 2.65 bits per heavy atom. The van der Waals surface area contributed by atoms with Crippen LogP contribution in [0.3, 0.4) is 0 Å². The molecule has 20 heavy (non-hydrogen) atoms. The minimum atomic E-state index is -0.242. The molecule has 0 aliphatic carbocycles. The zero-order chi connectivity index (χ0) is 13.9. The van der Waals surface area contributed by atoms with Crippen LogP contribution in [0.5, 0.6) is 0 Å². The quantitative estimate of drug-likeness (QED) is 0.677. The van der Waals surface area contributed by atoms with Crippen LogP contribution in [0.15, 0.2) is 54.6 Å². The van der Waals surface area contributed by atoms with Crippen LogP contribution in [0.1, 0.15) is 10.4 Å². The molecule has 3 aromatic rings. The molecule has 1 heterocycles. The highest BCUT2D eigenvalue weighted by Crippen LogP contribution is 2.12. The molecule has 0 atom stereocenters. The van der Waals surface area contributed by atoms with Gasteiger partial charge in [-0.25, -0.2) is 0 Å². The first kappa shape index (κ1) is 12.6. The summed E-state index contributed by atoms with van der Waals surface area (Å²) >= 11 is 5.81. The van der Waals surface area contributed by atoms with Crippen molar-refractivity contribution in [3.05, 3.63) is 65.2 Å². The first-order valence-corrected chi connectivity index (χ1v) is 6.40. The summed E-state index contributed by atoms with van der Waals surface area (Å²) in [4.78, 5) is 12.1. The lowest BCUT2D eigenvalue weighted by Gasteiger charge is -1.96. The summed E-state index contributed by atoms with van der Waals surface area (Å²) in [6.45, 7) is 0. The molecule has 0 N–H and O–H groups in total. The van der Waals surface area contributed by atoms with Crippen LogP contribution in [-0.4, -0.2) is 20.9 Å². The van der Waals surface area contributed by atoms with Crippen LogP contribution < -0.4 is 0 Å². The third-order valence-electron chi connectivity index (χ3n) is 2.85. The van der Waals surface area contributed by atoms with E-state index in [2.05, 4.69) is 10.3 Å². The second-order valence-corrected chi connectivity index (χ2v) is 4.65. The van der Waals surface area contributed by atoms with E-state index < -0.39 is 0 Å². The van der Waals surface area contributed by atoms with Gasteiger partial charge in [0.1, 0.15) is 5.52 Å². The van der Waals surface area contributed by atoms with Gasteiger partial charge in [-0.05, 0) is 35.9 Å². The number of nitrogens with zero attached hydrogens (tertiary/aromatic N) is 3. The van der Waals surface area contributed by atoms with Crippen molar-refractivity contribution < 1.29 is 4.79 Å². The van der Waals surface area contributed by atoms with Gasteiger partial charge in [-0.1, -0.05) is 41.1 Å². The van der Waals surface area contributed by atoms with Crippen molar-refractivity contribution in [2.45, 2.75) is 0 Å². The van der Waals surface area contributed by atoms with Gasteiger partial charge in [-0.15, -0.1) is 5.10 Å². The average Bonchev–Trinajstić information content (AvgIpc) is 2.90. The van der Waals surface area contributed by atoms with Gasteiger partial charge in [0.25, 0.3) is 5.91 Å². The highest BCUT2D eigenvalue weighted by molar-refractivity contribution is 6.30. The number of hydrogen-bond acceptors (Lipinski definition) is 3. The molecule has 98 valence electrons. The van der Waals surface area contributed by atoms with E-state index in [9.17, 15) is 4.79 Å². The molecule has 0 fully saturated rings. The fourth-order valence-corrected chi connectivity index (χ4v) is 1.97. The number of carbonyl (C=O) groups excluding carboxylic acids is 1. The summed E-state index contributed by atoms with van der Waals surface area (Å²) in [5.74, 6) is -0.242. The number of para-hydroxylation sites is 1. The average molecular weight is 284 g/mol. The van der Waals surface area contributed by atoms with Gasteiger partial charge in [0.05, 0.1) is 5.52 Å². The maximum absolute atomic E-state index is 12.1. The number of aromatic nitrogens is 3. The Kier molecular flexibility index (Phi) is 3.31. The highest BCUT2D eigenvalue weighted by Gasteiger charge is 2.08. The van der Waals surface area contributed by atoms with E-state index in [1.54, 1.807) is 18.2 Å². The molecule has 0 bridgehead atoms. The molecule has 5 heteroatoms. The molecule has 0 unspecified atom stereocenters. The highest BCUT2D eigenvalue weighted by atomic mass is 35.5. The molecular formula is C15H10ClN3O. The van der Waals surface area contributed by atoms with Gasteiger partial charge < -0.3 is 0 Å². The normalized spacial score (nSPS) is 11.2. The van der Waals surface area contributed by atoms with Gasteiger partial charge >= 0.3 is 0 Å². The van der Waals surface area contributed by atoms with E-state index in [1.807, 2.05) is 36.4 Å². The van der Waals surface area contributed by atoms with Crippen molar-refractivity contribution in [2.24, 2.45) is 0 Å². The van der Waals surface area contributed by atoms with E-state index in [0.717, 1.165) is 5.56 Å². The minimum absolute atomic E-state index is 0.242. The Morgan fingerprint density at radius 1 is 1.10 bits per heavy atom. The number of allylic oxidation sites excluding steroid dienone is 1. The lowest BCUT2D eigenvalue weighted by Crippen LogP contribution is -2.08. The first-order chi connectivity index (χ1) is 9.74. The number of rotatable bonds is 2. The third-order valence-corrected chi connectivity index (χ3v) is 3.10. The van der Waals surface area contributed by atoms with E-state index in [4.69, 9.17) is 11.6 Å². The van der Waals surface area contributed by atoms with Crippen LogP contribution in [0, 0.1) is 0 Å². The second-order valence-electron chi connectivity index (χ2n) is 4.21. The van der Waals surface area contributed by atoms with Gasteiger partial charge in [0.15, 0.2) is 0 Å². The van der Waals surface area contributed by atoms with Crippen LogP contribution in [0.4, 0.5) is 0 Å². The molecule has 0 saturated heterocycles. The molecule has 0 aliphatic rings. The van der Waals surface area contributed by atoms with E-state index in [0.29, 0.717) is 16.1 Å². The van der Waals surface area contributed by atoms with Gasteiger partial charge in [0.2, 0.25) is 0 Å². The molecule has 2 aromatic carbocycles. The summed E-state index contributed by atoms with van der Waals surface area (Å²) in [5, 5.41) is 8.48. The Bertz CT molecular complexity index is 790. The number of benzene rings is 2. The molecule has 0 amide bonds. The van der Waals surface area contributed by atoms with Crippen molar-refractivity contribution in [3.8, 4) is 0 Å². The number of fused-ring (bicyclic) bond motifs is 1. The summed E-state index contributed by atoms with van der Waals surface area (Å²) in [6, 6.07) is 14.6. The van der Waals surface area contributed by atoms with Crippen molar-refractivity contribution in [3.63, 3.8) is 0 Å². The molecule has 0 radical (unpaired) electrons. The zero-order valence-corrected chi connectivity index (χ0v) is 11.2. The molecule has 4 nitrogen and oxygen atoms in total. The minimum Gasteiger partial charge on any atom is -0.267 e. The number of hydrogen-bond donors (Lipinski definition) is 0. The monoisotopic (exact) mass is 283 g/mol. The van der Waals surface area contributed by atoms with Crippen molar-refractivity contribution in [1.29, 1.82) is 0 Å². The summed E-state index contributed by atoms with van der Waals surface area (Å²) in [7, 11) is 0. The fraction of sp³-hybridized carbons (Fsp3) is 0. The molecule has 1 aromatic heterocycles. The Hall–Kier alpha value is -2.46. The van der Waals surface area contributed by atoms with E-state index >= 15 is 0 Å². The van der Waals surface area contributed by atoms with Crippen LogP contribution in [0.25, 0.3) is 17.1 Å². The standard InChI is InChI=1S/C15H10ClN3O/c16-12-8-5-11(6-9-12)7-10-15(20)19-14-4-2-1-3-13(14)17-18-19/h1-10H. The lowest BCUT2D eigenvalue weighted by molar-refractivity contribution is 0.0958. The first-order valence-electron chi connectivity index (χ1n) is 6.02. The molecule has 0 spiro atoms. The number of halogens is 1. The maximum Gasteiger partial charge on any atom is 0.272 e. The van der Waals surface area contributed by atoms with Crippen LogP contribution in [0.2, 0.25) is 5.02 Å². The smallest absolute Gasteiger partial charge is 0.267 e. The van der Waals surface area contributed by atoms with Crippen LogP contribution in [-0.2, 0) is 0 Å². The number of carbonyl (C=O) groups is 1. The van der Waals surface area contributed by atoms with Crippen molar-refractivity contribution in [2.75, 3.05) is 0 Å². The zero-order valence-electron chi connectivity index (χ0n) is 10.4. The molecule has 3 rings (SSSR count). The largest absolute Gasteiger partial charge is 0.272 e. The SMILES string of the molecule is O=C(C=Cc1ccc(Cl)cc1)n1nnc2ccccc21. The predicted octanol–water partition coefficient (Wildman–Crippen LogP) is 3.44. The Morgan fingerprint density at radius 2 is 1.85 bits per heavy atom. The van der Waals surface area contributed by atoms with Crippen molar-refractivity contribution >= 4 is 34.6 Å². The Labute approximate surface area is 120 Å². The molecular weight excluding hydrogens is 274 g/mol. The van der Waals surface area contributed by atoms with Crippen LogP contribution >= 0.6 is 11.6 Å². The van der Waals surface area contributed by atoms with Crippen molar-refractivity contribution in [1.82, 2.24) is 15.0 Å². The molecule has 0 saturated carbocycles. The fourth-order valence-electron chi connectivity index (χ4n) is 1.84. The Balaban J connectivity index is 1.87. The lowest BCUT2D eigenvalue weighted by atomic mass is 10.2. The topological polar surface area (TPSA) is 47.8 Å². The third kappa shape index (κ3) is 2.46. The van der Waals surface area contributed by atoms with Gasteiger partial charge in [0, 0.05) is 11.1 Å². The summed E-state index contributed by atoms with van der Waals surface area (Å²) < 4.78 is 1.28. The molecule has 0 aliphatic heterocycles.